The van der Waals surface area contributed by atoms with Gasteiger partial charge in [-0.25, -0.2) is 0 Å². The minimum Gasteiger partial charge on any atom is -0.344 e. The van der Waals surface area contributed by atoms with E-state index in [0.717, 1.165) is 31.1 Å². The van der Waals surface area contributed by atoms with Gasteiger partial charge in [-0.3, -0.25) is 4.98 Å². The van der Waals surface area contributed by atoms with Crippen molar-refractivity contribution < 1.29 is 13.2 Å². The molecule has 28 heavy (non-hydrogen) atoms. The van der Waals surface area contributed by atoms with Crippen molar-refractivity contribution in [1.29, 1.82) is 0 Å². The van der Waals surface area contributed by atoms with Gasteiger partial charge in [0.05, 0.1) is 0 Å². The highest BCUT2D eigenvalue weighted by Crippen LogP contribution is 2.44. The van der Waals surface area contributed by atoms with Gasteiger partial charge in [-0.05, 0) is 55.5 Å². The zero-order valence-corrected chi connectivity index (χ0v) is 15.7. The van der Waals surface area contributed by atoms with Gasteiger partial charge < -0.3 is 9.88 Å². The monoisotopic (exact) mass is 385 g/mol. The predicted octanol–water partition coefficient (Wildman–Crippen LogP) is 4.78. The van der Waals surface area contributed by atoms with Gasteiger partial charge in [0.15, 0.2) is 0 Å². The maximum absolute atomic E-state index is 12.7. The molecule has 1 aliphatic heterocycles. The van der Waals surface area contributed by atoms with E-state index >= 15 is 0 Å². The molecule has 3 aromatic rings. The Morgan fingerprint density at radius 3 is 2.68 bits per heavy atom. The molecule has 1 aromatic carbocycles. The Balaban J connectivity index is 1.47. The van der Waals surface area contributed by atoms with Crippen molar-refractivity contribution in [2.45, 2.75) is 57.4 Å². The molecule has 1 fully saturated rings. The van der Waals surface area contributed by atoms with Crippen molar-refractivity contribution in [2.75, 3.05) is 0 Å². The molecule has 146 valence electrons. The van der Waals surface area contributed by atoms with Gasteiger partial charge >= 0.3 is 6.18 Å². The molecule has 2 aliphatic rings. The zero-order valence-electron chi connectivity index (χ0n) is 15.7. The minimum absolute atomic E-state index is 0.268. The third-order valence-corrected chi connectivity index (χ3v) is 6.18. The van der Waals surface area contributed by atoms with Crippen LogP contribution in [0.15, 0.2) is 36.5 Å². The van der Waals surface area contributed by atoms with Gasteiger partial charge in [0.1, 0.15) is 5.69 Å². The van der Waals surface area contributed by atoms with Crippen LogP contribution in [0, 0.1) is 6.92 Å². The predicted molar refractivity (Wildman–Crippen MR) is 102 cm³/mol. The summed E-state index contributed by atoms with van der Waals surface area (Å²) < 4.78 is 40.6. The summed E-state index contributed by atoms with van der Waals surface area (Å²) >= 11 is 0. The Kier molecular flexibility index (Phi) is 3.85. The standard InChI is InChI=1S/C22H22F3N3/c1-14-2-4-18-16(10-14)17-13-27-21(7-8-21)11-19(17)28(18)9-6-15-3-5-20(26-12-15)22(23,24)25/h2-5,10,12,27H,6-9,11,13H2,1H3. The van der Waals surface area contributed by atoms with Gasteiger partial charge in [-0.15, -0.1) is 0 Å². The van der Waals surface area contributed by atoms with Crippen molar-refractivity contribution in [3.05, 3.63) is 64.6 Å². The van der Waals surface area contributed by atoms with Crippen LogP contribution in [0.25, 0.3) is 10.9 Å². The lowest BCUT2D eigenvalue weighted by molar-refractivity contribution is -0.141. The summed E-state index contributed by atoms with van der Waals surface area (Å²) in [6, 6.07) is 9.17. The third kappa shape index (κ3) is 3.00. The van der Waals surface area contributed by atoms with Crippen LogP contribution in [0.5, 0.6) is 0 Å². The van der Waals surface area contributed by atoms with Crippen molar-refractivity contribution in [1.82, 2.24) is 14.9 Å². The van der Waals surface area contributed by atoms with Crippen LogP contribution in [-0.4, -0.2) is 15.1 Å². The van der Waals surface area contributed by atoms with E-state index in [1.807, 2.05) is 0 Å². The Labute approximate surface area is 161 Å². The highest BCUT2D eigenvalue weighted by Gasteiger charge is 2.46. The van der Waals surface area contributed by atoms with E-state index < -0.39 is 11.9 Å². The first-order valence-electron chi connectivity index (χ1n) is 9.72. The lowest BCUT2D eigenvalue weighted by atomic mass is 9.98. The summed E-state index contributed by atoms with van der Waals surface area (Å²) in [5.74, 6) is 0. The number of pyridine rings is 1. The van der Waals surface area contributed by atoms with Crippen LogP contribution in [-0.2, 0) is 32.1 Å². The van der Waals surface area contributed by atoms with E-state index in [1.54, 1.807) is 6.07 Å². The number of hydrogen-bond acceptors (Lipinski definition) is 2. The van der Waals surface area contributed by atoms with Gasteiger partial charge in [0.25, 0.3) is 0 Å². The first kappa shape index (κ1) is 17.7. The van der Waals surface area contributed by atoms with Crippen LogP contribution in [0.2, 0.25) is 0 Å². The molecular formula is C22H22F3N3. The summed E-state index contributed by atoms with van der Waals surface area (Å²) in [4.78, 5) is 3.60. The minimum atomic E-state index is -4.39. The van der Waals surface area contributed by atoms with Crippen LogP contribution >= 0.6 is 0 Å². The maximum atomic E-state index is 12.7. The fraction of sp³-hybridized carbons (Fsp3) is 0.409. The van der Waals surface area contributed by atoms with E-state index in [4.69, 9.17) is 0 Å². The Morgan fingerprint density at radius 1 is 1.18 bits per heavy atom. The van der Waals surface area contributed by atoms with Gasteiger partial charge in [-0.2, -0.15) is 13.2 Å². The van der Waals surface area contributed by atoms with E-state index in [0.29, 0.717) is 6.42 Å². The SMILES string of the molecule is Cc1ccc2c(c1)c1c(n2CCc2ccc(C(F)(F)F)nc2)CC2(CC2)NC1. The van der Waals surface area contributed by atoms with E-state index in [9.17, 15) is 13.2 Å². The number of aryl methyl sites for hydroxylation is 3. The van der Waals surface area contributed by atoms with Crippen LogP contribution in [0.3, 0.4) is 0 Å². The van der Waals surface area contributed by atoms with Crippen molar-refractivity contribution >= 4 is 10.9 Å². The average Bonchev–Trinajstić information content (AvgIpc) is 3.34. The highest BCUT2D eigenvalue weighted by atomic mass is 19.4. The summed E-state index contributed by atoms with van der Waals surface area (Å²) in [5.41, 5.74) is 5.48. The zero-order chi connectivity index (χ0) is 19.5. The average molecular weight is 385 g/mol. The molecular weight excluding hydrogens is 363 g/mol. The molecule has 1 aliphatic carbocycles. The molecule has 1 spiro atoms. The number of halogens is 3. The largest absolute Gasteiger partial charge is 0.433 e. The normalized spacial score (nSPS) is 17.9. The molecule has 5 rings (SSSR count). The Bertz CT molecular complexity index is 1040. The van der Waals surface area contributed by atoms with Crippen LogP contribution < -0.4 is 5.32 Å². The summed E-state index contributed by atoms with van der Waals surface area (Å²) in [6.45, 7) is 3.75. The fourth-order valence-electron chi connectivity index (χ4n) is 4.39. The number of nitrogens with zero attached hydrogens (tertiary/aromatic N) is 2. The number of fused-ring (bicyclic) bond motifs is 3. The van der Waals surface area contributed by atoms with Crippen LogP contribution in [0.4, 0.5) is 13.2 Å². The van der Waals surface area contributed by atoms with Crippen LogP contribution in [0.1, 0.15) is 40.9 Å². The molecule has 0 radical (unpaired) electrons. The number of benzene rings is 1. The third-order valence-electron chi connectivity index (χ3n) is 6.18. The number of aromatic nitrogens is 2. The molecule has 0 saturated heterocycles. The van der Waals surface area contributed by atoms with E-state index in [1.165, 1.54) is 46.8 Å². The summed E-state index contributed by atoms with van der Waals surface area (Å²) in [6.07, 6.45) is 1.09. The Hall–Kier alpha value is -2.34. The maximum Gasteiger partial charge on any atom is 0.433 e. The van der Waals surface area contributed by atoms with Gasteiger partial charge in [0.2, 0.25) is 0 Å². The van der Waals surface area contributed by atoms with Crippen molar-refractivity contribution in [2.24, 2.45) is 0 Å². The lowest BCUT2D eigenvalue weighted by Crippen LogP contribution is -2.38. The molecule has 1 N–H and O–H groups in total. The molecule has 3 nitrogen and oxygen atoms in total. The smallest absolute Gasteiger partial charge is 0.344 e. The number of hydrogen-bond donors (Lipinski definition) is 1. The second kappa shape index (κ2) is 6.08. The number of alkyl halides is 3. The van der Waals surface area contributed by atoms with Crippen molar-refractivity contribution in [3.63, 3.8) is 0 Å². The second-order valence-corrected chi connectivity index (χ2v) is 8.21. The molecule has 0 bridgehead atoms. The molecule has 0 unspecified atom stereocenters. The highest BCUT2D eigenvalue weighted by molar-refractivity contribution is 5.86. The number of nitrogens with one attached hydrogen (secondary N) is 1. The molecule has 3 heterocycles. The molecule has 1 saturated carbocycles. The molecule has 0 atom stereocenters. The number of rotatable bonds is 3. The summed E-state index contributed by atoms with van der Waals surface area (Å²) in [7, 11) is 0. The van der Waals surface area contributed by atoms with Crippen molar-refractivity contribution in [3.8, 4) is 0 Å². The van der Waals surface area contributed by atoms with E-state index in [2.05, 4.69) is 40.0 Å². The quantitative estimate of drug-likeness (QED) is 0.703. The molecule has 6 heteroatoms. The molecule has 0 amide bonds. The lowest BCUT2D eigenvalue weighted by Gasteiger charge is -2.25. The van der Waals surface area contributed by atoms with Gasteiger partial charge in [0, 0.05) is 47.8 Å². The first-order valence-corrected chi connectivity index (χ1v) is 9.72. The topological polar surface area (TPSA) is 29.9 Å². The second-order valence-electron chi connectivity index (χ2n) is 8.21. The first-order chi connectivity index (χ1) is 13.3. The fourth-order valence-corrected chi connectivity index (χ4v) is 4.39. The van der Waals surface area contributed by atoms with Gasteiger partial charge in [-0.1, -0.05) is 17.7 Å². The van der Waals surface area contributed by atoms with E-state index in [-0.39, 0.29) is 5.54 Å². The summed E-state index contributed by atoms with van der Waals surface area (Å²) in [5, 5.41) is 5.01. The Morgan fingerprint density at radius 2 is 2.00 bits per heavy atom. The molecule has 2 aromatic heterocycles.